The van der Waals surface area contributed by atoms with Crippen LogP contribution >= 0.6 is 15.9 Å². The molecule has 0 aromatic heterocycles. The summed E-state index contributed by atoms with van der Waals surface area (Å²) in [5, 5.41) is 2.88. The average Bonchev–Trinajstić information content (AvgIpc) is 3.00. The third kappa shape index (κ3) is 3.55. The van der Waals surface area contributed by atoms with Gasteiger partial charge in [-0.25, -0.2) is 4.79 Å². The van der Waals surface area contributed by atoms with E-state index in [1.54, 1.807) is 23.1 Å². The molecule has 134 valence electrons. The zero-order chi connectivity index (χ0) is 18.0. The summed E-state index contributed by atoms with van der Waals surface area (Å²) in [6, 6.07) is 5.24. The molecule has 1 fully saturated rings. The number of nitrogens with zero attached hydrogens (tertiary/aromatic N) is 2. The number of hydrogen-bond acceptors (Lipinski definition) is 5. The summed E-state index contributed by atoms with van der Waals surface area (Å²) in [7, 11) is 0. The van der Waals surface area contributed by atoms with E-state index in [0.717, 1.165) is 0 Å². The maximum absolute atomic E-state index is 12.1. The fraction of sp³-hybridized carbons (Fsp3) is 0.438. The van der Waals surface area contributed by atoms with Crippen LogP contribution in [0.4, 0.5) is 16.2 Å². The van der Waals surface area contributed by atoms with Crippen molar-refractivity contribution in [2.24, 2.45) is 0 Å². The molecule has 2 heterocycles. The molecule has 9 heteroatoms. The van der Waals surface area contributed by atoms with Crippen molar-refractivity contribution < 1.29 is 23.9 Å². The van der Waals surface area contributed by atoms with Gasteiger partial charge in [0.1, 0.15) is 11.9 Å². The predicted molar refractivity (Wildman–Crippen MR) is 94.4 cm³/mol. The molecule has 0 bridgehead atoms. The Morgan fingerprint density at radius 3 is 2.92 bits per heavy atom. The SMILES string of the molecule is CCN1C(=O)COc2cc(N3C[C@H](CNC(=O)CBr)OC3=O)ccc21. The predicted octanol–water partition coefficient (Wildman–Crippen LogP) is 1.27. The number of likely N-dealkylation sites (N-methyl/N-ethyl adjacent to an activating group) is 1. The largest absolute Gasteiger partial charge is 0.481 e. The lowest BCUT2D eigenvalue weighted by molar-refractivity contribution is -0.121. The summed E-state index contributed by atoms with van der Waals surface area (Å²) in [6.45, 7) is 3.01. The second kappa shape index (κ2) is 7.30. The first-order valence-electron chi connectivity index (χ1n) is 7.91. The molecule has 1 atom stereocenters. The van der Waals surface area contributed by atoms with Crippen LogP contribution in [-0.2, 0) is 14.3 Å². The van der Waals surface area contributed by atoms with Gasteiger partial charge in [0.2, 0.25) is 5.91 Å². The lowest BCUT2D eigenvalue weighted by Gasteiger charge is -2.29. The fourth-order valence-corrected chi connectivity index (χ4v) is 3.02. The van der Waals surface area contributed by atoms with Crippen LogP contribution in [0, 0.1) is 0 Å². The Kier molecular flexibility index (Phi) is 5.12. The third-order valence-corrected chi connectivity index (χ3v) is 4.55. The van der Waals surface area contributed by atoms with Crippen LogP contribution in [0.15, 0.2) is 18.2 Å². The Morgan fingerprint density at radius 2 is 2.20 bits per heavy atom. The summed E-state index contributed by atoms with van der Waals surface area (Å²) >= 11 is 3.06. The first kappa shape index (κ1) is 17.5. The topological polar surface area (TPSA) is 88.2 Å². The van der Waals surface area contributed by atoms with Crippen molar-refractivity contribution in [3.8, 4) is 5.75 Å². The Hall–Kier alpha value is -2.29. The monoisotopic (exact) mass is 411 g/mol. The second-order valence-electron chi connectivity index (χ2n) is 5.63. The van der Waals surface area contributed by atoms with Crippen LogP contribution in [0.5, 0.6) is 5.75 Å². The zero-order valence-electron chi connectivity index (χ0n) is 13.7. The number of carbonyl (C=O) groups excluding carboxylic acids is 3. The quantitative estimate of drug-likeness (QED) is 0.736. The minimum atomic E-state index is -0.475. The second-order valence-corrected chi connectivity index (χ2v) is 6.19. The van der Waals surface area contributed by atoms with Gasteiger partial charge in [0.15, 0.2) is 6.61 Å². The maximum Gasteiger partial charge on any atom is 0.414 e. The number of nitrogens with one attached hydrogen (secondary N) is 1. The lowest BCUT2D eigenvalue weighted by Crippen LogP contribution is -2.38. The highest BCUT2D eigenvalue weighted by molar-refractivity contribution is 9.09. The average molecular weight is 412 g/mol. The first-order valence-corrected chi connectivity index (χ1v) is 9.03. The van der Waals surface area contributed by atoms with Gasteiger partial charge in [-0.15, -0.1) is 0 Å². The minimum absolute atomic E-state index is 0.0179. The molecular formula is C16H18BrN3O5. The number of halogens is 1. The molecule has 0 spiro atoms. The number of ether oxygens (including phenoxy) is 2. The smallest absolute Gasteiger partial charge is 0.414 e. The molecular weight excluding hydrogens is 394 g/mol. The Morgan fingerprint density at radius 1 is 1.40 bits per heavy atom. The number of fused-ring (bicyclic) bond motifs is 1. The Balaban J connectivity index is 1.73. The van der Waals surface area contributed by atoms with E-state index in [-0.39, 0.29) is 30.3 Å². The van der Waals surface area contributed by atoms with Gasteiger partial charge in [-0.05, 0) is 19.1 Å². The van der Waals surface area contributed by atoms with Crippen molar-refractivity contribution in [1.82, 2.24) is 5.32 Å². The van der Waals surface area contributed by atoms with E-state index in [9.17, 15) is 14.4 Å². The summed E-state index contributed by atoms with van der Waals surface area (Å²) in [5.74, 6) is 0.301. The van der Waals surface area contributed by atoms with Gasteiger partial charge >= 0.3 is 6.09 Å². The number of amides is 3. The van der Waals surface area contributed by atoms with Crippen LogP contribution in [0.25, 0.3) is 0 Å². The maximum atomic E-state index is 12.1. The molecule has 0 unspecified atom stereocenters. The van der Waals surface area contributed by atoms with Gasteiger partial charge in [0.25, 0.3) is 5.91 Å². The van der Waals surface area contributed by atoms with E-state index in [1.165, 1.54) is 4.90 Å². The number of alkyl halides is 1. The van der Waals surface area contributed by atoms with Gasteiger partial charge in [-0.1, -0.05) is 15.9 Å². The molecule has 1 saturated heterocycles. The fourth-order valence-electron chi connectivity index (χ4n) is 2.82. The zero-order valence-corrected chi connectivity index (χ0v) is 15.2. The first-order chi connectivity index (χ1) is 12.0. The van der Waals surface area contributed by atoms with Crippen molar-refractivity contribution in [3.63, 3.8) is 0 Å². The van der Waals surface area contributed by atoms with Crippen molar-refractivity contribution in [2.75, 3.05) is 41.4 Å². The molecule has 3 amide bonds. The molecule has 1 aromatic rings. The summed E-state index contributed by atoms with van der Waals surface area (Å²) in [4.78, 5) is 38.4. The van der Waals surface area contributed by atoms with Gasteiger partial charge in [-0.2, -0.15) is 0 Å². The summed E-state index contributed by atoms with van der Waals surface area (Å²) < 4.78 is 10.8. The van der Waals surface area contributed by atoms with E-state index < -0.39 is 12.2 Å². The highest BCUT2D eigenvalue weighted by atomic mass is 79.9. The van der Waals surface area contributed by atoms with E-state index in [0.29, 0.717) is 30.2 Å². The number of hydrogen-bond donors (Lipinski definition) is 1. The third-order valence-electron chi connectivity index (χ3n) is 4.04. The van der Waals surface area contributed by atoms with Crippen LogP contribution in [-0.4, -0.2) is 55.6 Å². The molecule has 2 aliphatic rings. The van der Waals surface area contributed by atoms with Crippen LogP contribution < -0.4 is 19.9 Å². The van der Waals surface area contributed by atoms with Gasteiger partial charge in [-0.3, -0.25) is 14.5 Å². The van der Waals surface area contributed by atoms with Crippen molar-refractivity contribution in [3.05, 3.63) is 18.2 Å². The molecule has 25 heavy (non-hydrogen) atoms. The number of carbonyl (C=O) groups is 3. The minimum Gasteiger partial charge on any atom is -0.481 e. The Labute approximate surface area is 153 Å². The van der Waals surface area contributed by atoms with E-state index in [4.69, 9.17) is 9.47 Å². The molecule has 3 rings (SSSR count). The normalized spacial score (nSPS) is 19.4. The van der Waals surface area contributed by atoms with Gasteiger partial charge < -0.3 is 19.7 Å². The molecule has 0 aliphatic carbocycles. The lowest BCUT2D eigenvalue weighted by atomic mass is 10.2. The van der Waals surface area contributed by atoms with Crippen LogP contribution in [0.2, 0.25) is 0 Å². The van der Waals surface area contributed by atoms with Gasteiger partial charge in [0, 0.05) is 12.6 Å². The number of anilines is 2. The van der Waals surface area contributed by atoms with E-state index >= 15 is 0 Å². The highest BCUT2D eigenvalue weighted by Gasteiger charge is 2.33. The number of cyclic esters (lactones) is 1. The van der Waals surface area contributed by atoms with Crippen molar-refractivity contribution >= 4 is 45.2 Å². The Bertz CT molecular complexity index is 711. The van der Waals surface area contributed by atoms with Crippen molar-refractivity contribution in [2.45, 2.75) is 13.0 Å². The molecule has 1 aromatic carbocycles. The van der Waals surface area contributed by atoms with E-state index in [2.05, 4.69) is 21.2 Å². The van der Waals surface area contributed by atoms with Crippen molar-refractivity contribution in [1.29, 1.82) is 0 Å². The molecule has 0 saturated carbocycles. The highest BCUT2D eigenvalue weighted by Crippen LogP contribution is 2.36. The van der Waals surface area contributed by atoms with Gasteiger partial charge in [0.05, 0.1) is 29.8 Å². The van der Waals surface area contributed by atoms with E-state index in [1.807, 2.05) is 6.92 Å². The molecule has 0 radical (unpaired) electrons. The standard InChI is InChI=1S/C16H18BrN3O5/c1-2-19-12-4-3-10(5-13(12)24-9-15(19)22)20-8-11(25-16(20)23)7-18-14(21)6-17/h3-5,11H,2,6-9H2,1H3,(H,18,21)/t11-/m0/s1. The van der Waals surface area contributed by atoms with Crippen LogP contribution in [0.1, 0.15) is 6.92 Å². The number of benzene rings is 1. The van der Waals surface area contributed by atoms with Crippen LogP contribution in [0.3, 0.4) is 0 Å². The number of rotatable bonds is 5. The summed E-state index contributed by atoms with van der Waals surface area (Å²) in [6.07, 6.45) is -0.890. The molecule has 2 aliphatic heterocycles. The summed E-state index contributed by atoms with van der Waals surface area (Å²) in [5.41, 5.74) is 1.32. The molecule has 1 N–H and O–H groups in total. The molecule has 8 nitrogen and oxygen atoms in total.